The van der Waals surface area contributed by atoms with Crippen molar-refractivity contribution < 1.29 is 0 Å². The van der Waals surface area contributed by atoms with Gasteiger partial charge in [0.05, 0.1) is 5.02 Å². The smallest absolute Gasteiger partial charge is 0.260 e. The number of rotatable bonds is 4. The fraction of sp³-hybridized carbons (Fsp3) is 0.235. The third-order valence-corrected chi connectivity index (χ3v) is 4.25. The van der Waals surface area contributed by atoms with E-state index in [1.165, 1.54) is 0 Å². The van der Waals surface area contributed by atoms with Gasteiger partial charge in [-0.15, -0.1) is 0 Å². The molecular weight excluding hydrogens is 347 g/mol. The van der Waals surface area contributed by atoms with Gasteiger partial charge in [-0.2, -0.15) is 4.98 Å². The van der Waals surface area contributed by atoms with Crippen molar-refractivity contribution in [1.29, 1.82) is 0 Å². The first-order valence-electron chi connectivity index (χ1n) is 7.65. The van der Waals surface area contributed by atoms with Crippen LogP contribution in [0.2, 0.25) is 10.0 Å². The van der Waals surface area contributed by atoms with Crippen molar-refractivity contribution in [3.8, 4) is 11.1 Å². The molecule has 0 radical (unpaired) electrons. The Balaban J connectivity index is 2.29. The van der Waals surface area contributed by atoms with Gasteiger partial charge in [-0.3, -0.25) is 9.36 Å². The minimum absolute atomic E-state index is 0.143. The van der Waals surface area contributed by atoms with E-state index in [4.69, 9.17) is 23.2 Å². The Bertz CT molecular complexity index is 969. The third kappa shape index (κ3) is 2.97. The fourth-order valence-electron chi connectivity index (χ4n) is 2.60. The van der Waals surface area contributed by atoms with Crippen LogP contribution in [0.4, 0.5) is 5.95 Å². The number of fused-ring (bicyclic) bond motifs is 1. The zero-order valence-electron chi connectivity index (χ0n) is 13.3. The van der Waals surface area contributed by atoms with Crippen LogP contribution in [0, 0.1) is 0 Å². The van der Waals surface area contributed by atoms with E-state index in [-0.39, 0.29) is 5.56 Å². The molecule has 0 bridgehead atoms. The number of hydrogen-bond acceptors (Lipinski definition) is 4. The molecule has 0 aliphatic rings. The lowest BCUT2D eigenvalue weighted by molar-refractivity contribution is 0.750. The van der Waals surface area contributed by atoms with Gasteiger partial charge in [0.2, 0.25) is 5.95 Å². The SMILES string of the molecule is CCNc1ncc2cc(-c3ccc(Cl)cc3Cl)c(=O)n(CC)c2n1. The molecular formula is C17H16Cl2N4O. The fourth-order valence-corrected chi connectivity index (χ4v) is 3.11. The van der Waals surface area contributed by atoms with Crippen molar-refractivity contribution in [2.24, 2.45) is 0 Å². The standard InChI is InChI=1S/C17H16Cl2N4O/c1-3-20-17-21-9-10-7-13(12-6-5-11(18)8-14(12)19)16(24)23(4-2)15(10)22-17/h5-9H,3-4H2,1-2H3,(H,20,21,22). The Labute approximate surface area is 149 Å². The van der Waals surface area contributed by atoms with Crippen LogP contribution in [0.1, 0.15) is 13.8 Å². The van der Waals surface area contributed by atoms with Crippen molar-refractivity contribution >= 4 is 40.2 Å². The first-order valence-corrected chi connectivity index (χ1v) is 8.40. The molecule has 124 valence electrons. The maximum Gasteiger partial charge on any atom is 0.260 e. The maximum atomic E-state index is 12.9. The van der Waals surface area contributed by atoms with Gasteiger partial charge in [0.1, 0.15) is 5.65 Å². The van der Waals surface area contributed by atoms with Crippen LogP contribution in [0.15, 0.2) is 35.3 Å². The van der Waals surface area contributed by atoms with Crippen LogP contribution < -0.4 is 10.9 Å². The van der Waals surface area contributed by atoms with Crippen molar-refractivity contribution in [2.75, 3.05) is 11.9 Å². The molecule has 0 amide bonds. The highest BCUT2D eigenvalue weighted by atomic mass is 35.5. The number of aryl methyl sites for hydroxylation is 1. The topological polar surface area (TPSA) is 59.8 Å². The first kappa shape index (κ1) is 16.7. The van der Waals surface area contributed by atoms with E-state index >= 15 is 0 Å². The Morgan fingerprint density at radius 2 is 1.96 bits per heavy atom. The van der Waals surface area contributed by atoms with Gasteiger partial charge in [-0.25, -0.2) is 4.98 Å². The summed E-state index contributed by atoms with van der Waals surface area (Å²) in [5.41, 5.74) is 1.61. The lowest BCUT2D eigenvalue weighted by Gasteiger charge is -2.12. The summed E-state index contributed by atoms with van der Waals surface area (Å²) >= 11 is 12.2. The minimum atomic E-state index is -0.143. The normalized spacial score (nSPS) is 11.0. The van der Waals surface area contributed by atoms with Crippen molar-refractivity contribution in [2.45, 2.75) is 20.4 Å². The van der Waals surface area contributed by atoms with E-state index in [2.05, 4.69) is 15.3 Å². The molecule has 5 nitrogen and oxygen atoms in total. The van der Waals surface area contributed by atoms with E-state index in [0.717, 1.165) is 5.39 Å². The van der Waals surface area contributed by atoms with Crippen LogP contribution in [0.5, 0.6) is 0 Å². The molecule has 24 heavy (non-hydrogen) atoms. The van der Waals surface area contributed by atoms with Gasteiger partial charge in [-0.05, 0) is 32.0 Å². The molecule has 0 aliphatic carbocycles. The predicted octanol–water partition coefficient (Wildman–Crippen LogP) is 4.22. The molecule has 0 fully saturated rings. The van der Waals surface area contributed by atoms with Gasteiger partial charge in [0.15, 0.2) is 0 Å². The van der Waals surface area contributed by atoms with Crippen LogP contribution in [-0.4, -0.2) is 21.1 Å². The van der Waals surface area contributed by atoms with Gasteiger partial charge in [-0.1, -0.05) is 29.3 Å². The molecule has 3 rings (SSSR count). The van der Waals surface area contributed by atoms with Crippen molar-refractivity contribution in [1.82, 2.24) is 14.5 Å². The molecule has 0 saturated heterocycles. The summed E-state index contributed by atoms with van der Waals surface area (Å²) in [6.45, 7) is 5.08. The second-order valence-corrected chi connectivity index (χ2v) is 6.08. The molecule has 1 N–H and O–H groups in total. The lowest BCUT2D eigenvalue weighted by Crippen LogP contribution is -2.22. The molecule has 0 saturated carbocycles. The van der Waals surface area contributed by atoms with E-state index in [1.807, 2.05) is 13.8 Å². The summed E-state index contributed by atoms with van der Waals surface area (Å²) in [6.07, 6.45) is 1.71. The predicted molar refractivity (Wildman–Crippen MR) is 99.1 cm³/mol. The van der Waals surface area contributed by atoms with Gasteiger partial charge in [0.25, 0.3) is 5.56 Å². The second kappa shape index (κ2) is 6.79. The number of pyridine rings is 1. The Morgan fingerprint density at radius 3 is 2.62 bits per heavy atom. The molecule has 0 spiro atoms. The van der Waals surface area contributed by atoms with Gasteiger partial charge in [0, 0.05) is 40.8 Å². The number of nitrogens with one attached hydrogen (secondary N) is 1. The van der Waals surface area contributed by atoms with Crippen LogP contribution in [-0.2, 0) is 6.54 Å². The average molecular weight is 363 g/mol. The van der Waals surface area contributed by atoms with Gasteiger partial charge < -0.3 is 5.32 Å². The summed E-state index contributed by atoms with van der Waals surface area (Å²) in [5, 5.41) is 4.80. The highest BCUT2D eigenvalue weighted by Gasteiger charge is 2.14. The van der Waals surface area contributed by atoms with Crippen LogP contribution in [0.25, 0.3) is 22.2 Å². The molecule has 0 unspecified atom stereocenters. The Hall–Kier alpha value is -2.11. The average Bonchev–Trinajstić information content (AvgIpc) is 2.55. The Morgan fingerprint density at radius 1 is 1.17 bits per heavy atom. The van der Waals surface area contributed by atoms with Gasteiger partial charge >= 0.3 is 0 Å². The highest BCUT2D eigenvalue weighted by molar-refractivity contribution is 6.36. The summed E-state index contributed by atoms with van der Waals surface area (Å²) in [5.74, 6) is 0.504. The molecule has 1 aromatic carbocycles. The Kier molecular flexibility index (Phi) is 4.73. The van der Waals surface area contributed by atoms with Crippen LogP contribution >= 0.6 is 23.2 Å². The molecule has 2 heterocycles. The third-order valence-electron chi connectivity index (χ3n) is 3.70. The molecule has 0 aliphatic heterocycles. The summed E-state index contributed by atoms with van der Waals surface area (Å²) < 4.78 is 1.62. The molecule has 7 heteroatoms. The number of anilines is 1. The quantitative estimate of drug-likeness (QED) is 0.754. The second-order valence-electron chi connectivity index (χ2n) is 5.23. The summed E-state index contributed by atoms with van der Waals surface area (Å²) in [7, 11) is 0. The maximum absolute atomic E-state index is 12.9. The molecule has 0 atom stereocenters. The number of nitrogens with zero attached hydrogens (tertiary/aromatic N) is 3. The van der Waals surface area contributed by atoms with E-state index in [1.54, 1.807) is 35.0 Å². The number of hydrogen-bond donors (Lipinski definition) is 1. The first-order chi connectivity index (χ1) is 11.5. The largest absolute Gasteiger partial charge is 0.354 e. The zero-order chi connectivity index (χ0) is 17.3. The zero-order valence-corrected chi connectivity index (χ0v) is 14.8. The monoisotopic (exact) mass is 362 g/mol. The number of halogens is 2. The lowest BCUT2D eigenvalue weighted by atomic mass is 10.1. The van der Waals surface area contributed by atoms with Crippen molar-refractivity contribution in [3.05, 3.63) is 50.9 Å². The van der Waals surface area contributed by atoms with Crippen molar-refractivity contribution in [3.63, 3.8) is 0 Å². The summed E-state index contributed by atoms with van der Waals surface area (Å²) in [6, 6.07) is 6.87. The minimum Gasteiger partial charge on any atom is -0.354 e. The van der Waals surface area contributed by atoms with E-state index < -0.39 is 0 Å². The van der Waals surface area contributed by atoms with E-state index in [9.17, 15) is 4.79 Å². The van der Waals surface area contributed by atoms with Crippen LogP contribution in [0.3, 0.4) is 0 Å². The highest BCUT2D eigenvalue weighted by Crippen LogP contribution is 2.29. The molecule has 3 aromatic rings. The van der Waals surface area contributed by atoms with E-state index in [0.29, 0.717) is 45.9 Å². The number of benzene rings is 1. The molecule has 2 aromatic heterocycles. The summed E-state index contributed by atoms with van der Waals surface area (Å²) in [4.78, 5) is 21.6. The number of aromatic nitrogens is 3.